The number of thiophene rings is 1. The lowest BCUT2D eigenvalue weighted by Gasteiger charge is -2.37. The molecule has 1 aliphatic heterocycles. The highest BCUT2D eigenvalue weighted by atomic mass is 35.5. The molecule has 0 radical (unpaired) electrons. The second-order valence-corrected chi connectivity index (χ2v) is 9.73. The smallest absolute Gasteiger partial charge is 0.242 e. The summed E-state index contributed by atoms with van der Waals surface area (Å²) in [5, 5.41) is 2.72. The van der Waals surface area contributed by atoms with E-state index in [-0.39, 0.29) is 30.3 Å². The zero-order chi connectivity index (χ0) is 22.5. The van der Waals surface area contributed by atoms with Crippen LogP contribution in [0.15, 0.2) is 35.7 Å². The fourth-order valence-corrected chi connectivity index (χ4v) is 5.14. The van der Waals surface area contributed by atoms with Crippen molar-refractivity contribution in [2.75, 3.05) is 40.0 Å². The van der Waals surface area contributed by atoms with Gasteiger partial charge >= 0.3 is 0 Å². The molecule has 0 unspecified atom stereocenters. The molecule has 0 spiro atoms. The Kier molecular flexibility index (Phi) is 7.71. The van der Waals surface area contributed by atoms with Crippen LogP contribution in [0.1, 0.15) is 35.7 Å². The van der Waals surface area contributed by atoms with Crippen molar-refractivity contribution in [1.82, 2.24) is 9.80 Å². The summed E-state index contributed by atoms with van der Waals surface area (Å²) in [6.45, 7) is 2.21. The second-order valence-electron chi connectivity index (χ2n) is 8.30. The first-order valence-corrected chi connectivity index (χ1v) is 12.3. The number of fused-ring (bicyclic) bond motifs is 1. The number of rotatable bonds is 10. The summed E-state index contributed by atoms with van der Waals surface area (Å²) in [6, 6.07) is 9.15. The van der Waals surface area contributed by atoms with E-state index >= 15 is 0 Å². The minimum absolute atomic E-state index is 0.0297. The molecule has 1 aliphatic carbocycles. The summed E-state index contributed by atoms with van der Waals surface area (Å²) in [4.78, 5) is 31.1. The molecule has 32 heavy (non-hydrogen) atoms. The standard InChI is InChI=1S/C24H29ClN2O4S/c1-30-13-2-11-26(24(29)17-3-4-17)15-23(28)27-12-9-22-20(10-14-32-22)21(27)16-31-19-7-5-18(25)6-8-19/h5-8,10,14,17,21H,2-4,9,11-13,15-16H2,1H3/t21-/m1/s1. The van der Waals surface area contributed by atoms with Crippen LogP contribution in [0.25, 0.3) is 0 Å². The highest BCUT2D eigenvalue weighted by Gasteiger charge is 2.37. The van der Waals surface area contributed by atoms with Gasteiger partial charge in [0.15, 0.2) is 0 Å². The molecule has 1 aromatic heterocycles. The lowest BCUT2D eigenvalue weighted by Crippen LogP contribution is -2.48. The molecule has 0 bridgehead atoms. The molecule has 2 aromatic rings. The molecule has 2 amide bonds. The lowest BCUT2D eigenvalue weighted by atomic mass is 10.0. The minimum atomic E-state index is -0.176. The first-order chi connectivity index (χ1) is 15.6. The third-order valence-corrected chi connectivity index (χ3v) is 7.23. The molecule has 172 valence electrons. The Morgan fingerprint density at radius 1 is 1.22 bits per heavy atom. The van der Waals surface area contributed by atoms with Crippen LogP contribution in [-0.2, 0) is 20.7 Å². The zero-order valence-electron chi connectivity index (χ0n) is 18.3. The van der Waals surface area contributed by atoms with Gasteiger partial charge in [0.05, 0.1) is 12.6 Å². The van der Waals surface area contributed by atoms with Crippen LogP contribution in [0, 0.1) is 5.92 Å². The van der Waals surface area contributed by atoms with Crippen molar-refractivity contribution in [2.24, 2.45) is 5.92 Å². The Labute approximate surface area is 198 Å². The van der Waals surface area contributed by atoms with Gasteiger partial charge in [0.1, 0.15) is 12.4 Å². The number of amides is 2. The van der Waals surface area contributed by atoms with Crippen LogP contribution in [0.4, 0.5) is 0 Å². The van der Waals surface area contributed by atoms with E-state index in [1.807, 2.05) is 17.0 Å². The monoisotopic (exact) mass is 476 g/mol. The van der Waals surface area contributed by atoms with Crippen molar-refractivity contribution in [2.45, 2.75) is 31.7 Å². The average Bonchev–Trinajstić information content (AvgIpc) is 3.54. The van der Waals surface area contributed by atoms with Crippen LogP contribution in [0.3, 0.4) is 0 Å². The largest absolute Gasteiger partial charge is 0.491 e. The Hall–Kier alpha value is -2.09. The molecule has 8 heteroatoms. The maximum Gasteiger partial charge on any atom is 0.242 e. The maximum atomic E-state index is 13.4. The quantitative estimate of drug-likeness (QED) is 0.483. The van der Waals surface area contributed by atoms with E-state index in [0.29, 0.717) is 37.1 Å². The molecule has 0 N–H and O–H groups in total. The first-order valence-electron chi connectivity index (χ1n) is 11.1. The Bertz CT molecular complexity index is 928. The maximum absolute atomic E-state index is 13.4. The number of benzene rings is 1. The van der Waals surface area contributed by atoms with Crippen LogP contribution >= 0.6 is 22.9 Å². The molecule has 2 aliphatic rings. The summed E-state index contributed by atoms with van der Waals surface area (Å²) in [7, 11) is 1.65. The van der Waals surface area contributed by atoms with Crippen molar-refractivity contribution >= 4 is 34.8 Å². The molecular weight excluding hydrogens is 448 g/mol. The van der Waals surface area contributed by atoms with E-state index in [1.54, 1.807) is 35.5 Å². The van der Waals surface area contributed by atoms with Gasteiger partial charge in [-0.1, -0.05) is 11.6 Å². The molecule has 1 aromatic carbocycles. The van der Waals surface area contributed by atoms with Crippen LogP contribution in [0.2, 0.25) is 5.02 Å². The second kappa shape index (κ2) is 10.7. The van der Waals surface area contributed by atoms with Crippen molar-refractivity contribution in [3.63, 3.8) is 0 Å². The zero-order valence-corrected chi connectivity index (χ0v) is 19.9. The fourth-order valence-electron chi connectivity index (χ4n) is 4.09. The predicted molar refractivity (Wildman–Crippen MR) is 125 cm³/mol. The summed E-state index contributed by atoms with van der Waals surface area (Å²) in [5.41, 5.74) is 1.14. The van der Waals surface area contributed by atoms with E-state index in [2.05, 4.69) is 11.4 Å². The van der Waals surface area contributed by atoms with Gasteiger partial charge in [-0.05, 0) is 67.0 Å². The van der Waals surface area contributed by atoms with Crippen LogP contribution in [-0.4, -0.2) is 61.6 Å². The molecule has 2 heterocycles. The van der Waals surface area contributed by atoms with Crippen LogP contribution in [0.5, 0.6) is 5.75 Å². The third-order valence-electron chi connectivity index (χ3n) is 5.98. The Morgan fingerprint density at radius 3 is 2.72 bits per heavy atom. The van der Waals surface area contributed by atoms with Gasteiger partial charge in [-0.2, -0.15) is 0 Å². The van der Waals surface area contributed by atoms with Gasteiger partial charge < -0.3 is 19.3 Å². The fraction of sp³-hybridized carbons (Fsp3) is 0.500. The molecule has 6 nitrogen and oxygen atoms in total. The average molecular weight is 477 g/mol. The highest BCUT2D eigenvalue weighted by Crippen LogP contribution is 2.35. The minimum Gasteiger partial charge on any atom is -0.491 e. The van der Waals surface area contributed by atoms with E-state index in [4.69, 9.17) is 21.1 Å². The van der Waals surface area contributed by atoms with Crippen molar-refractivity contribution in [1.29, 1.82) is 0 Å². The molecule has 1 fully saturated rings. The highest BCUT2D eigenvalue weighted by molar-refractivity contribution is 7.10. The molecule has 4 rings (SSSR count). The number of methoxy groups -OCH3 is 1. The van der Waals surface area contributed by atoms with Gasteiger partial charge in [0, 0.05) is 42.6 Å². The third kappa shape index (κ3) is 5.63. The van der Waals surface area contributed by atoms with Gasteiger partial charge in [-0.15, -0.1) is 11.3 Å². The van der Waals surface area contributed by atoms with E-state index in [0.717, 1.165) is 31.2 Å². The normalized spacial score (nSPS) is 17.7. The van der Waals surface area contributed by atoms with Gasteiger partial charge in [-0.25, -0.2) is 0 Å². The number of carbonyl (C=O) groups is 2. The Morgan fingerprint density at radius 2 is 2.00 bits per heavy atom. The summed E-state index contributed by atoms with van der Waals surface area (Å²) >= 11 is 7.70. The topological polar surface area (TPSA) is 59.1 Å². The van der Waals surface area contributed by atoms with E-state index in [1.165, 1.54) is 4.88 Å². The molecule has 1 atom stereocenters. The summed E-state index contributed by atoms with van der Waals surface area (Å²) < 4.78 is 11.2. The SMILES string of the molecule is COCCCN(CC(=O)N1CCc2sccc2[C@H]1COc1ccc(Cl)cc1)C(=O)C1CC1. The van der Waals surface area contributed by atoms with E-state index < -0.39 is 0 Å². The van der Waals surface area contributed by atoms with Gasteiger partial charge in [-0.3, -0.25) is 9.59 Å². The number of ether oxygens (including phenoxy) is 2. The number of hydrogen-bond donors (Lipinski definition) is 0. The number of nitrogens with zero attached hydrogens (tertiary/aromatic N) is 2. The molecule has 0 saturated heterocycles. The lowest BCUT2D eigenvalue weighted by molar-refractivity contribution is -0.143. The van der Waals surface area contributed by atoms with Crippen molar-refractivity contribution in [3.05, 3.63) is 51.2 Å². The summed E-state index contributed by atoms with van der Waals surface area (Å²) in [5.74, 6) is 0.864. The van der Waals surface area contributed by atoms with Crippen LogP contribution < -0.4 is 4.74 Å². The van der Waals surface area contributed by atoms with Gasteiger partial charge in [0.2, 0.25) is 11.8 Å². The first kappa shape index (κ1) is 23.1. The number of halogens is 1. The molecular formula is C24H29ClN2O4S. The van der Waals surface area contributed by atoms with Gasteiger partial charge in [0.25, 0.3) is 0 Å². The number of hydrogen-bond acceptors (Lipinski definition) is 5. The molecule has 1 saturated carbocycles. The summed E-state index contributed by atoms with van der Waals surface area (Å²) in [6.07, 6.45) is 3.40. The predicted octanol–water partition coefficient (Wildman–Crippen LogP) is 4.18. The van der Waals surface area contributed by atoms with Crippen molar-refractivity contribution < 1.29 is 19.1 Å². The van der Waals surface area contributed by atoms with E-state index in [9.17, 15) is 9.59 Å². The number of carbonyl (C=O) groups excluding carboxylic acids is 2. The van der Waals surface area contributed by atoms with Crippen molar-refractivity contribution in [3.8, 4) is 5.75 Å². The Balaban J connectivity index is 1.46.